The number of halogens is 1. The predicted molar refractivity (Wildman–Crippen MR) is 84.8 cm³/mol. The van der Waals surface area contributed by atoms with Crippen LogP contribution in [0.2, 0.25) is 5.02 Å². The Hall–Kier alpha value is -2.13. The van der Waals surface area contributed by atoms with E-state index in [4.69, 9.17) is 11.6 Å². The Morgan fingerprint density at radius 3 is 2.19 bits per heavy atom. The van der Waals surface area contributed by atoms with Crippen LogP contribution in [0.15, 0.2) is 48.5 Å². The summed E-state index contributed by atoms with van der Waals surface area (Å²) in [4.78, 5) is 23.4. The molecule has 0 unspecified atom stereocenters. The fraction of sp³-hybridized carbons (Fsp3) is 0.176. The van der Waals surface area contributed by atoms with E-state index in [0.29, 0.717) is 23.4 Å². The minimum absolute atomic E-state index is 0.0278. The highest BCUT2D eigenvalue weighted by atomic mass is 35.5. The molecule has 2 aromatic rings. The first-order valence-electron chi connectivity index (χ1n) is 6.76. The van der Waals surface area contributed by atoms with Gasteiger partial charge in [-0.25, -0.2) is 0 Å². The number of amides is 1. The van der Waals surface area contributed by atoms with Gasteiger partial charge in [-0.3, -0.25) is 9.59 Å². The average Bonchev–Trinajstić information content (AvgIpc) is 2.49. The van der Waals surface area contributed by atoms with Crippen molar-refractivity contribution in [1.29, 1.82) is 0 Å². The summed E-state index contributed by atoms with van der Waals surface area (Å²) in [6.45, 7) is 1.80. The molecular weight excluding hydrogens is 286 g/mol. The molecule has 0 saturated heterocycles. The lowest BCUT2D eigenvalue weighted by atomic mass is 10.0. The molecule has 0 aliphatic heterocycles. The van der Waals surface area contributed by atoms with Crippen molar-refractivity contribution in [2.24, 2.45) is 0 Å². The second-order valence-electron chi connectivity index (χ2n) is 4.71. The highest BCUT2D eigenvalue weighted by molar-refractivity contribution is 6.30. The highest BCUT2D eigenvalue weighted by Gasteiger charge is 2.07. The Kier molecular flexibility index (Phi) is 5.12. The number of rotatable bonds is 5. The Morgan fingerprint density at radius 1 is 1.00 bits per heavy atom. The predicted octanol–water partition coefficient (Wildman–Crippen LogP) is 4.11. The minimum atomic E-state index is -0.0278. The van der Waals surface area contributed by atoms with Gasteiger partial charge in [-0.15, -0.1) is 0 Å². The van der Waals surface area contributed by atoms with Crippen LogP contribution in [0.4, 0.5) is 5.69 Å². The zero-order chi connectivity index (χ0) is 15.2. The van der Waals surface area contributed by atoms with Gasteiger partial charge in [-0.2, -0.15) is 0 Å². The fourth-order valence-electron chi connectivity index (χ4n) is 1.88. The van der Waals surface area contributed by atoms with Gasteiger partial charge < -0.3 is 5.32 Å². The summed E-state index contributed by atoms with van der Waals surface area (Å²) in [5, 5.41) is 3.38. The van der Waals surface area contributed by atoms with Crippen LogP contribution >= 0.6 is 11.6 Å². The molecule has 0 atom stereocenters. The first kappa shape index (κ1) is 15.3. The summed E-state index contributed by atoms with van der Waals surface area (Å²) < 4.78 is 0. The van der Waals surface area contributed by atoms with Crippen LogP contribution in [0, 0.1) is 0 Å². The average molecular weight is 302 g/mol. The molecule has 0 radical (unpaired) electrons. The third kappa shape index (κ3) is 4.43. The van der Waals surface area contributed by atoms with Gasteiger partial charge in [-0.1, -0.05) is 30.7 Å². The number of hydrogen-bond donors (Lipinski definition) is 1. The lowest BCUT2D eigenvalue weighted by Gasteiger charge is -2.05. The van der Waals surface area contributed by atoms with Crippen LogP contribution in [-0.2, 0) is 11.2 Å². The monoisotopic (exact) mass is 301 g/mol. The summed E-state index contributed by atoms with van der Waals surface area (Å²) in [7, 11) is 0. The molecule has 1 N–H and O–H groups in total. The SMILES string of the molecule is CCC(=O)Nc1ccc(CC(=O)c2ccc(Cl)cc2)cc1. The normalized spacial score (nSPS) is 10.2. The molecule has 21 heavy (non-hydrogen) atoms. The van der Waals surface area contributed by atoms with Crippen LogP contribution in [0.3, 0.4) is 0 Å². The molecule has 0 bridgehead atoms. The summed E-state index contributed by atoms with van der Waals surface area (Å²) >= 11 is 5.80. The molecule has 0 aliphatic rings. The van der Waals surface area contributed by atoms with Crippen molar-refractivity contribution in [1.82, 2.24) is 0 Å². The van der Waals surface area contributed by atoms with Crippen LogP contribution in [0.25, 0.3) is 0 Å². The van der Waals surface area contributed by atoms with Gasteiger partial charge in [0.25, 0.3) is 0 Å². The number of carbonyl (C=O) groups excluding carboxylic acids is 2. The zero-order valence-corrected chi connectivity index (χ0v) is 12.5. The highest BCUT2D eigenvalue weighted by Crippen LogP contribution is 2.14. The van der Waals surface area contributed by atoms with E-state index < -0.39 is 0 Å². The van der Waals surface area contributed by atoms with Gasteiger partial charge in [0.15, 0.2) is 5.78 Å². The van der Waals surface area contributed by atoms with Crippen molar-refractivity contribution in [2.45, 2.75) is 19.8 Å². The van der Waals surface area contributed by atoms with Gasteiger partial charge >= 0.3 is 0 Å². The third-order valence-corrected chi connectivity index (χ3v) is 3.34. The summed E-state index contributed by atoms with van der Waals surface area (Å²) in [5.41, 5.74) is 2.29. The second-order valence-corrected chi connectivity index (χ2v) is 5.14. The molecule has 4 heteroatoms. The van der Waals surface area contributed by atoms with Gasteiger partial charge in [0.05, 0.1) is 0 Å². The molecule has 3 nitrogen and oxygen atoms in total. The van der Waals surface area contributed by atoms with Crippen LogP contribution in [0.1, 0.15) is 29.3 Å². The molecule has 0 heterocycles. The number of benzene rings is 2. The van der Waals surface area contributed by atoms with Crippen LogP contribution in [0.5, 0.6) is 0 Å². The number of hydrogen-bond acceptors (Lipinski definition) is 2. The first-order chi connectivity index (χ1) is 10.1. The Bertz CT molecular complexity index is 633. The van der Waals surface area contributed by atoms with Crippen molar-refractivity contribution >= 4 is 29.0 Å². The summed E-state index contributed by atoms with van der Waals surface area (Å²) in [6, 6.07) is 14.2. The lowest BCUT2D eigenvalue weighted by Crippen LogP contribution is -2.09. The lowest BCUT2D eigenvalue weighted by molar-refractivity contribution is -0.115. The van der Waals surface area contributed by atoms with E-state index in [2.05, 4.69) is 5.32 Å². The largest absolute Gasteiger partial charge is 0.326 e. The van der Waals surface area contributed by atoms with Crippen molar-refractivity contribution in [3.63, 3.8) is 0 Å². The third-order valence-electron chi connectivity index (χ3n) is 3.09. The van der Waals surface area contributed by atoms with Gasteiger partial charge in [0, 0.05) is 29.1 Å². The van der Waals surface area contributed by atoms with E-state index in [1.807, 2.05) is 12.1 Å². The summed E-state index contributed by atoms with van der Waals surface area (Å²) in [6.07, 6.45) is 0.764. The van der Waals surface area contributed by atoms with E-state index in [-0.39, 0.29) is 11.7 Å². The molecule has 0 aromatic heterocycles. The van der Waals surface area contributed by atoms with E-state index >= 15 is 0 Å². The van der Waals surface area contributed by atoms with Crippen LogP contribution < -0.4 is 5.32 Å². The Labute approximate surface area is 128 Å². The molecule has 2 aromatic carbocycles. The Balaban J connectivity index is 2.01. The Morgan fingerprint density at radius 2 is 1.62 bits per heavy atom. The van der Waals surface area contributed by atoms with Crippen molar-refractivity contribution in [3.05, 3.63) is 64.7 Å². The van der Waals surface area contributed by atoms with Crippen molar-refractivity contribution in [3.8, 4) is 0 Å². The summed E-state index contributed by atoms with van der Waals surface area (Å²) in [5.74, 6) is 0.0111. The standard InChI is InChI=1S/C17H16ClNO2/c1-2-17(21)19-15-9-3-12(4-10-15)11-16(20)13-5-7-14(18)8-6-13/h3-10H,2,11H2,1H3,(H,19,21). The van der Waals surface area contributed by atoms with E-state index in [9.17, 15) is 9.59 Å². The molecular formula is C17H16ClNO2. The molecule has 1 amide bonds. The second kappa shape index (κ2) is 7.04. The maximum Gasteiger partial charge on any atom is 0.224 e. The van der Waals surface area contributed by atoms with Gasteiger partial charge in [0.1, 0.15) is 0 Å². The number of carbonyl (C=O) groups is 2. The molecule has 0 spiro atoms. The maximum atomic E-state index is 12.1. The zero-order valence-electron chi connectivity index (χ0n) is 11.7. The minimum Gasteiger partial charge on any atom is -0.326 e. The topological polar surface area (TPSA) is 46.2 Å². The molecule has 0 aliphatic carbocycles. The number of nitrogens with one attached hydrogen (secondary N) is 1. The van der Waals surface area contributed by atoms with Crippen molar-refractivity contribution in [2.75, 3.05) is 5.32 Å². The van der Waals surface area contributed by atoms with E-state index in [0.717, 1.165) is 11.3 Å². The number of Topliss-reactive ketones (excluding diaryl/α,β-unsaturated/α-hetero) is 1. The smallest absolute Gasteiger partial charge is 0.224 e. The molecule has 108 valence electrons. The fourth-order valence-corrected chi connectivity index (χ4v) is 2.00. The molecule has 0 saturated carbocycles. The van der Waals surface area contributed by atoms with Crippen LogP contribution in [-0.4, -0.2) is 11.7 Å². The van der Waals surface area contributed by atoms with Gasteiger partial charge in [-0.05, 0) is 42.0 Å². The van der Waals surface area contributed by atoms with E-state index in [1.54, 1.807) is 43.3 Å². The molecule has 2 rings (SSSR count). The van der Waals surface area contributed by atoms with Gasteiger partial charge in [0.2, 0.25) is 5.91 Å². The first-order valence-corrected chi connectivity index (χ1v) is 7.14. The number of ketones is 1. The van der Waals surface area contributed by atoms with Crippen molar-refractivity contribution < 1.29 is 9.59 Å². The number of anilines is 1. The van der Waals surface area contributed by atoms with E-state index in [1.165, 1.54) is 0 Å². The quantitative estimate of drug-likeness (QED) is 0.845. The maximum absolute atomic E-state index is 12.1. The molecule has 0 fully saturated rings.